The van der Waals surface area contributed by atoms with E-state index in [0.717, 1.165) is 43.3 Å². The van der Waals surface area contributed by atoms with E-state index < -0.39 is 0 Å². The zero-order valence-corrected chi connectivity index (χ0v) is 12.6. The third-order valence-electron chi connectivity index (χ3n) is 3.95. The van der Waals surface area contributed by atoms with E-state index in [1.165, 1.54) is 19.3 Å². The summed E-state index contributed by atoms with van der Waals surface area (Å²) < 4.78 is 0. The molecule has 5 heteroatoms. The van der Waals surface area contributed by atoms with Gasteiger partial charge >= 0.3 is 0 Å². The van der Waals surface area contributed by atoms with E-state index in [1.54, 1.807) is 0 Å². The molecular weight excluding hydrogens is 252 g/mol. The van der Waals surface area contributed by atoms with E-state index in [2.05, 4.69) is 34.4 Å². The van der Waals surface area contributed by atoms with Crippen molar-refractivity contribution >= 4 is 11.6 Å². The molecule has 0 unspecified atom stereocenters. The topological polar surface area (TPSA) is 70.1 Å². The van der Waals surface area contributed by atoms with Crippen LogP contribution in [0.3, 0.4) is 0 Å². The van der Waals surface area contributed by atoms with Crippen LogP contribution in [-0.2, 0) is 6.42 Å². The van der Waals surface area contributed by atoms with Crippen molar-refractivity contribution in [3.63, 3.8) is 0 Å². The second-order valence-electron chi connectivity index (χ2n) is 5.56. The number of aliphatic hydroxyl groups is 1. The van der Waals surface area contributed by atoms with Crippen LogP contribution < -0.4 is 10.6 Å². The van der Waals surface area contributed by atoms with Crippen LogP contribution in [0.5, 0.6) is 0 Å². The van der Waals surface area contributed by atoms with Crippen molar-refractivity contribution in [3.8, 4) is 0 Å². The van der Waals surface area contributed by atoms with Gasteiger partial charge in [0, 0.05) is 19.0 Å². The fourth-order valence-corrected chi connectivity index (χ4v) is 2.81. The second-order valence-corrected chi connectivity index (χ2v) is 5.56. The quantitative estimate of drug-likeness (QED) is 0.746. The zero-order valence-electron chi connectivity index (χ0n) is 12.6. The molecule has 1 heterocycles. The Morgan fingerprint density at radius 2 is 1.85 bits per heavy atom. The minimum Gasteiger partial charge on any atom is -0.394 e. The minimum absolute atomic E-state index is 0.162. The molecule has 0 radical (unpaired) electrons. The van der Waals surface area contributed by atoms with Gasteiger partial charge in [-0.15, -0.1) is 0 Å². The van der Waals surface area contributed by atoms with Crippen molar-refractivity contribution in [3.05, 3.63) is 11.9 Å². The Bertz CT molecular complexity index is 430. The molecule has 20 heavy (non-hydrogen) atoms. The zero-order chi connectivity index (χ0) is 14.4. The van der Waals surface area contributed by atoms with E-state index in [0.29, 0.717) is 0 Å². The Balaban J connectivity index is 2.19. The van der Waals surface area contributed by atoms with Gasteiger partial charge in [0.15, 0.2) is 0 Å². The summed E-state index contributed by atoms with van der Waals surface area (Å²) in [5.41, 5.74) is -0.207. The average Bonchev–Trinajstić information content (AvgIpc) is 2.48. The molecule has 1 fully saturated rings. The molecule has 1 aromatic rings. The highest BCUT2D eigenvalue weighted by atomic mass is 16.3. The number of nitrogens with zero attached hydrogens (tertiary/aromatic N) is 2. The number of nitrogens with one attached hydrogen (secondary N) is 2. The van der Waals surface area contributed by atoms with Crippen LogP contribution in [0.15, 0.2) is 6.07 Å². The fourth-order valence-electron chi connectivity index (χ4n) is 2.81. The molecule has 1 saturated carbocycles. The highest BCUT2D eigenvalue weighted by Gasteiger charge is 2.31. The van der Waals surface area contributed by atoms with Gasteiger partial charge in [0.05, 0.1) is 12.1 Å². The van der Waals surface area contributed by atoms with Gasteiger partial charge in [0.25, 0.3) is 0 Å². The smallest absolute Gasteiger partial charge is 0.132 e. The lowest BCUT2D eigenvalue weighted by atomic mass is 9.82. The third-order valence-corrected chi connectivity index (χ3v) is 3.95. The minimum atomic E-state index is -0.207. The number of rotatable bonds is 6. The molecule has 1 aliphatic carbocycles. The Labute approximate surface area is 121 Å². The van der Waals surface area contributed by atoms with E-state index in [4.69, 9.17) is 0 Å². The number of hydrogen-bond donors (Lipinski definition) is 3. The SMILES string of the molecule is CCNc1cc(NC2(CO)CCCCC2)nc(CC)n1. The molecule has 0 bridgehead atoms. The molecule has 1 aromatic heterocycles. The monoisotopic (exact) mass is 278 g/mol. The first-order valence-corrected chi connectivity index (χ1v) is 7.72. The molecule has 1 aliphatic rings. The van der Waals surface area contributed by atoms with E-state index in [1.807, 2.05) is 6.07 Å². The molecule has 5 nitrogen and oxygen atoms in total. The summed E-state index contributed by atoms with van der Waals surface area (Å²) in [5.74, 6) is 2.50. The normalized spacial score (nSPS) is 17.8. The van der Waals surface area contributed by atoms with Gasteiger partial charge in [-0.2, -0.15) is 0 Å². The first-order valence-electron chi connectivity index (χ1n) is 7.72. The molecule has 0 aromatic carbocycles. The predicted molar refractivity (Wildman–Crippen MR) is 82.1 cm³/mol. The number of aromatic nitrogens is 2. The average molecular weight is 278 g/mol. The van der Waals surface area contributed by atoms with Crippen LogP contribution in [-0.4, -0.2) is 33.8 Å². The Kier molecular flexibility index (Phi) is 5.17. The van der Waals surface area contributed by atoms with Crippen molar-refractivity contribution in [1.82, 2.24) is 9.97 Å². The molecule has 0 aliphatic heterocycles. The largest absolute Gasteiger partial charge is 0.394 e. The standard InChI is InChI=1S/C15H26N4O/c1-3-12-17-13(16-4-2)10-14(18-12)19-15(11-20)8-6-5-7-9-15/h10,20H,3-9,11H2,1-2H3,(H2,16,17,18,19). The summed E-state index contributed by atoms with van der Waals surface area (Å²) in [5, 5.41) is 16.5. The summed E-state index contributed by atoms with van der Waals surface area (Å²) in [6.45, 7) is 5.11. The molecule has 2 rings (SSSR count). The molecule has 0 saturated heterocycles. The van der Waals surface area contributed by atoms with E-state index in [-0.39, 0.29) is 12.1 Å². The van der Waals surface area contributed by atoms with Crippen LogP contribution in [0.1, 0.15) is 51.8 Å². The molecule has 0 atom stereocenters. The van der Waals surface area contributed by atoms with Crippen LogP contribution in [0.4, 0.5) is 11.6 Å². The maximum Gasteiger partial charge on any atom is 0.132 e. The van der Waals surface area contributed by atoms with Gasteiger partial charge in [0.1, 0.15) is 17.5 Å². The number of hydrogen-bond acceptors (Lipinski definition) is 5. The maximum atomic E-state index is 9.78. The lowest BCUT2D eigenvalue weighted by molar-refractivity contribution is 0.172. The number of aliphatic hydroxyl groups excluding tert-OH is 1. The van der Waals surface area contributed by atoms with Crippen LogP contribution in [0.2, 0.25) is 0 Å². The summed E-state index contributed by atoms with van der Waals surface area (Å²) in [6.07, 6.45) is 6.41. The fraction of sp³-hybridized carbons (Fsp3) is 0.733. The lowest BCUT2D eigenvalue weighted by Crippen LogP contribution is -2.44. The summed E-state index contributed by atoms with van der Waals surface area (Å²) in [4.78, 5) is 9.01. The van der Waals surface area contributed by atoms with E-state index >= 15 is 0 Å². The lowest BCUT2D eigenvalue weighted by Gasteiger charge is -2.37. The third kappa shape index (κ3) is 3.60. The van der Waals surface area contributed by atoms with Crippen molar-refractivity contribution in [2.75, 3.05) is 23.8 Å². The van der Waals surface area contributed by atoms with Crippen LogP contribution >= 0.6 is 0 Å². The highest BCUT2D eigenvalue weighted by molar-refractivity contribution is 5.49. The van der Waals surface area contributed by atoms with E-state index in [9.17, 15) is 5.11 Å². The Morgan fingerprint density at radius 1 is 1.15 bits per heavy atom. The van der Waals surface area contributed by atoms with Crippen molar-refractivity contribution in [2.24, 2.45) is 0 Å². The van der Waals surface area contributed by atoms with Gasteiger partial charge in [-0.1, -0.05) is 26.2 Å². The molecule has 0 spiro atoms. The van der Waals surface area contributed by atoms with Crippen molar-refractivity contribution in [2.45, 2.75) is 57.9 Å². The Morgan fingerprint density at radius 3 is 2.45 bits per heavy atom. The van der Waals surface area contributed by atoms with Gasteiger partial charge in [-0.05, 0) is 19.8 Å². The molecule has 3 N–H and O–H groups in total. The highest BCUT2D eigenvalue weighted by Crippen LogP contribution is 2.31. The van der Waals surface area contributed by atoms with Gasteiger partial charge in [-0.25, -0.2) is 9.97 Å². The molecule has 112 valence electrons. The molecular formula is C15H26N4O. The van der Waals surface area contributed by atoms with Crippen LogP contribution in [0.25, 0.3) is 0 Å². The molecule has 0 amide bonds. The first-order chi connectivity index (χ1) is 9.71. The first kappa shape index (κ1) is 15.0. The van der Waals surface area contributed by atoms with Crippen molar-refractivity contribution in [1.29, 1.82) is 0 Å². The van der Waals surface area contributed by atoms with Crippen molar-refractivity contribution < 1.29 is 5.11 Å². The second kappa shape index (κ2) is 6.88. The summed E-state index contributed by atoms with van der Waals surface area (Å²) in [7, 11) is 0. The summed E-state index contributed by atoms with van der Waals surface area (Å²) >= 11 is 0. The van der Waals surface area contributed by atoms with Crippen LogP contribution in [0, 0.1) is 0 Å². The Hall–Kier alpha value is -1.36. The number of aryl methyl sites for hydroxylation is 1. The van der Waals surface area contributed by atoms with Gasteiger partial charge in [0.2, 0.25) is 0 Å². The summed E-state index contributed by atoms with van der Waals surface area (Å²) in [6, 6.07) is 1.94. The maximum absolute atomic E-state index is 9.78. The number of anilines is 2. The predicted octanol–water partition coefficient (Wildman–Crippen LogP) is 2.58. The van der Waals surface area contributed by atoms with Gasteiger partial charge in [-0.3, -0.25) is 0 Å². The van der Waals surface area contributed by atoms with Gasteiger partial charge < -0.3 is 15.7 Å².